The first-order chi connectivity index (χ1) is 20.8. The maximum atomic E-state index is 2.57. The molecule has 0 aliphatic carbocycles. The molecule has 1 aromatic rings. The zero-order valence-electron chi connectivity index (χ0n) is 29.5. The minimum absolute atomic E-state index is 1.22. The second-order valence-electron chi connectivity index (χ2n) is 13.8. The first kappa shape index (κ1) is 39.2. The van der Waals surface area contributed by atoms with Gasteiger partial charge in [-0.2, -0.15) is 0 Å². The SMILES string of the molecule is CCCCCCCCCCCCCCCC[n+]1cc(CCCCCCCCCC)cc(CCCCCCCCCC)c1. The Morgan fingerprint density at radius 2 is 0.595 bits per heavy atom. The van der Waals surface area contributed by atoms with E-state index in [2.05, 4.69) is 43.8 Å². The second-order valence-corrected chi connectivity index (χ2v) is 13.8. The number of hydrogen-bond acceptors (Lipinski definition) is 0. The highest BCUT2D eigenvalue weighted by Crippen LogP contribution is 2.16. The Kier molecular flexibility index (Phi) is 29.4. The van der Waals surface area contributed by atoms with E-state index in [0.29, 0.717) is 0 Å². The second kappa shape index (κ2) is 31.6. The van der Waals surface area contributed by atoms with Crippen LogP contribution in [-0.2, 0) is 19.4 Å². The molecule has 1 heteroatoms. The molecule has 0 bridgehead atoms. The molecule has 246 valence electrons. The summed E-state index contributed by atoms with van der Waals surface area (Å²) in [6.07, 6.45) is 50.3. The van der Waals surface area contributed by atoms with Gasteiger partial charge in [-0.1, -0.05) is 188 Å². The number of rotatable bonds is 33. The van der Waals surface area contributed by atoms with E-state index in [1.54, 1.807) is 11.1 Å². The van der Waals surface area contributed by atoms with Gasteiger partial charge in [-0.15, -0.1) is 0 Å². The van der Waals surface area contributed by atoms with Crippen LogP contribution in [-0.4, -0.2) is 0 Å². The fourth-order valence-electron chi connectivity index (χ4n) is 6.59. The lowest BCUT2D eigenvalue weighted by atomic mass is 10.0. The molecule has 1 rings (SSSR count). The van der Waals surface area contributed by atoms with Crippen molar-refractivity contribution in [1.29, 1.82) is 0 Å². The molecule has 0 aliphatic rings. The predicted molar refractivity (Wildman–Crippen MR) is 190 cm³/mol. The van der Waals surface area contributed by atoms with Crippen LogP contribution in [0.4, 0.5) is 0 Å². The summed E-state index contributed by atoms with van der Waals surface area (Å²) in [5.41, 5.74) is 3.20. The minimum atomic E-state index is 1.22. The van der Waals surface area contributed by atoms with Gasteiger partial charge in [0.25, 0.3) is 0 Å². The monoisotopic (exact) mass is 585 g/mol. The van der Waals surface area contributed by atoms with Crippen molar-refractivity contribution >= 4 is 0 Å². The third-order valence-electron chi connectivity index (χ3n) is 9.44. The Balaban J connectivity index is 2.30. The van der Waals surface area contributed by atoms with E-state index >= 15 is 0 Å². The van der Waals surface area contributed by atoms with Crippen molar-refractivity contribution in [1.82, 2.24) is 0 Å². The third-order valence-corrected chi connectivity index (χ3v) is 9.44. The van der Waals surface area contributed by atoms with E-state index in [-0.39, 0.29) is 0 Å². The van der Waals surface area contributed by atoms with Gasteiger partial charge in [0.2, 0.25) is 0 Å². The molecule has 0 aromatic carbocycles. The predicted octanol–water partition coefficient (Wildman–Crippen LogP) is 13.8. The maximum absolute atomic E-state index is 2.57. The molecule has 0 amide bonds. The van der Waals surface area contributed by atoms with Crippen molar-refractivity contribution in [3.63, 3.8) is 0 Å². The molecule has 0 atom stereocenters. The lowest BCUT2D eigenvalue weighted by molar-refractivity contribution is -0.698. The Labute approximate surface area is 266 Å². The van der Waals surface area contributed by atoms with Gasteiger partial charge < -0.3 is 0 Å². The summed E-state index contributed by atoms with van der Waals surface area (Å²) >= 11 is 0. The van der Waals surface area contributed by atoms with Crippen molar-refractivity contribution in [2.45, 2.75) is 233 Å². The van der Waals surface area contributed by atoms with Crippen molar-refractivity contribution in [3.8, 4) is 0 Å². The number of aryl methyl sites for hydroxylation is 3. The van der Waals surface area contributed by atoms with Crippen LogP contribution in [0.15, 0.2) is 18.5 Å². The van der Waals surface area contributed by atoms with Crippen molar-refractivity contribution < 1.29 is 4.57 Å². The zero-order valence-corrected chi connectivity index (χ0v) is 29.5. The van der Waals surface area contributed by atoms with Gasteiger partial charge in [-0.05, 0) is 38.2 Å². The summed E-state index contributed by atoms with van der Waals surface area (Å²) in [4.78, 5) is 0. The van der Waals surface area contributed by atoms with Crippen molar-refractivity contribution in [2.75, 3.05) is 0 Å². The molecule has 0 unspecified atom stereocenters. The Morgan fingerprint density at radius 1 is 0.333 bits per heavy atom. The van der Waals surface area contributed by atoms with Gasteiger partial charge in [0, 0.05) is 17.5 Å². The van der Waals surface area contributed by atoms with Crippen LogP contribution in [0.5, 0.6) is 0 Å². The standard InChI is InChI=1S/C41H78N/c1-4-7-10-13-16-19-20-21-22-23-24-27-30-33-36-42-38-40(34-31-28-25-17-14-11-8-5-2)37-41(39-42)35-32-29-26-18-15-12-9-6-3/h37-39H,4-36H2,1-3H3/q+1. The summed E-state index contributed by atoms with van der Waals surface area (Å²) in [5.74, 6) is 0. The topological polar surface area (TPSA) is 3.88 Å². The first-order valence-corrected chi connectivity index (χ1v) is 19.8. The van der Waals surface area contributed by atoms with Crippen LogP contribution in [0.2, 0.25) is 0 Å². The van der Waals surface area contributed by atoms with Crippen molar-refractivity contribution in [3.05, 3.63) is 29.6 Å². The van der Waals surface area contributed by atoms with Crippen LogP contribution in [0.1, 0.15) is 225 Å². The van der Waals surface area contributed by atoms with E-state index in [1.165, 1.54) is 212 Å². The summed E-state index contributed by atoms with van der Waals surface area (Å²) in [6, 6.07) is 2.56. The number of unbranched alkanes of at least 4 members (excludes halogenated alkanes) is 27. The molecule has 0 saturated carbocycles. The summed E-state index contributed by atoms with van der Waals surface area (Å²) in [5, 5.41) is 0. The summed E-state index contributed by atoms with van der Waals surface area (Å²) in [7, 11) is 0. The summed E-state index contributed by atoms with van der Waals surface area (Å²) < 4.78 is 2.57. The number of pyridine rings is 1. The third kappa shape index (κ3) is 25.6. The molecule has 0 N–H and O–H groups in total. The molecule has 0 saturated heterocycles. The molecule has 0 radical (unpaired) electrons. The lowest BCUT2D eigenvalue weighted by Gasteiger charge is -2.07. The highest BCUT2D eigenvalue weighted by molar-refractivity contribution is 5.15. The Bertz CT molecular complexity index is 627. The number of aromatic nitrogens is 1. The number of hydrogen-bond donors (Lipinski definition) is 0. The van der Waals surface area contributed by atoms with Gasteiger partial charge in [0.1, 0.15) is 6.54 Å². The van der Waals surface area contributed by atoms with E-state index < -0.39 is 0 Å². The smallest absolute Gasteiger partial charge is 0.171 e. The average molecular weight is 585 g/mol. The molecule has 1 heterocycles. The maximum Gasteiger partial charge on any atom is 0.171 e. The van der Waals surface area contributed by atoms with Gasteiger partial charge in [0.15, 0.2) is 12.4 Å². The van der Waals surface area contributed by atoms with E-state index in [0.717, 1.165) is 0 Å². The van der Waals surface area contributed by atoms with E-state index in [9.17, 15) is 0 Å². The largest absolute Gasteiger partial charge is 0.205 e. The molecular formula is C41H78N+. The van der Waals surface area contributed by atoms with Crippen LogP contribution in [0.3, 0.4) is 0 Å². The fraction of sp³-hybridized carbons (Fsp3) is 0.878. The molecule has 1 nitrogen and oxygen atoms in total. The minimum Gasteiger partial charge on any atom is -0.205 e. The van der Waals surface area contributed by atoms with Gasteiger partial charge in [0.05, 0.1) is 0 Å². The first-order valence-electron chi connectivity index (χ1n) is 19.8. The molecule has 0 aliphatic heterocycles. The molecule has 0 fully saturated rings. The summed E-state index contributed by atoms with van der Waals surface area (Å²) in [6.45, 7) is 8.15. The molecular weight excluding hydrogens is 506 g/mol. The van der Waals surface area contributed by atoms with Gasteiger partial charge in [-0.25, -0.2) is 4.57 Å². The van der Waals surface area contributed by atoms with Crippen LogP contribution in [0.25, 0.3) is 0 Å². The van der Waals surface area contributed by atoms with Crippen LogP contribution >= 0.6 is 0 Å². The van der Waals surface area contributed by atoms with E-state index in [4.69, 9.17) is 0 Å². The Hall–Kier alpha value is -0.850. The van der Waals surface area contributed by atoms with Crippen molar-refractivity contribution in [2.24, 2.45) is 0 Å². The highest BCUT2D eigenvalue weighted by atomic mass is 14.9. The highest BCUT2D eigenvalue weighted by Gasteiger charge is 2.09. The average Bonchev–Trinajstić information content (AvgIpc) is 3.00. The normalized spacial score (nSPS) is 11.5. The van der Waals surface area contributed by atoms with Gasteiger partial charge in [-0.3, -0.25) is 0 Å². The zero-order chi connectivity index (χ0) is 30.2. The van der Waals surface area contributed by atoms with Gasteiger partial charge >= 0.3 is 0 Å². The molecule has 42 heavy (non-hydrogen) atoms. The number of nitrogens with zero attached hydrogens (tertiary/aromatic N) is 1. The lowest BCUT2D eigenvalue weighted by Crippen LogP contribution is -2.34. The van der Waals surface area contributed by atoms with Crippen LogP contribution < -0.4 is 4.57 Å². The quantitative estimate of drug-likeness (QED) is 0.0571. The fourth-order valence-corrected chi connectivity index (χ4v) is 6.59. The van der Waals surface area contributed by atoms with E-state index in [1.807, 2.05) is 0 Å². The molecule has 0 spiro atoms. The Morgan fingerprint density at radius 3 is 0.905 bits per heavy atom. The molecule has 1 aromatic heterocycles. The van der Waals surface area contributed by atoms with Crippen LogP contribution in [0, 0.1) is 0 Å².